The highest BCUT2D eigenvalue weighted by Crippen LogP contribution is 2.27. The summed E-state index contributed by atoms with van der Waals surface area (Å²) in [5.74, 6) is -2.81. The molecule has 2 aliphatic rings. The van der Waals surface area contributed by atoms with Gasteiger partial charge in [-0.15, -0.1) is 0 Å². The van der Waals surface area contributed by atoms with Crippen LogP contribution in [0.25, 0.3) is 0 Å². The zero-order valence-electron chi connectivity index (χ0n) is 13.6. The Morgan fingerprint density at radius 3 is 2.42 bits per heavy atom. The summed E-state index contributed by atoms with van der Waals surface area (Å²) in [6, 6.07) is -1.32. The van der Waals surface area contributed by atoms with E-state index in [1.807, 2.05) is 0 Å². The molecule has 2 unspecified atom stereocenters. The SMILES string of the molecule is CC(=O)N[C@H]1C(O)O[C@H](CO)[C@H](O)[C@@H]1OC1OC(C(=O)O)=C[C@H](O)[C@H]1O. The van der Waals surface area contributed by atoms with E-state index in [1.165, 1.54) is 0 Å². The number of amides is 1. The highest BCUT2D eigenvalue weighted by molar-refractivity contribution is 5.84. The van der Waals surface area contributed by atoms with E-state index in [0.717, 1.165) is 13.0 Å². The maximum absolute atomic E-state index is 11.3. The van der Waals surface area contributed by atoms with Crippen LogP contribution in [0.5, 0.6) is 0 Å². The molecule has 0 bridgehead atoms. The second kappa shape index (κ2) is 8.26. The van der Waals surface area contributed by atoms with Gasteiger partial charge in [-0.25, -0.2) is 4.79 Å². The number of hydrogen-bond acceptors (Lipinski definition) is 10. The third-order valence-electron chi connectivity index (χ3n) is 3.94. The van der Waals surface area contributed by atoms with Gasteiger partial charge in [0.05, 0.1) is 6.61 Å². The van der Waals surface area contributed by atoms with Crippen LogP contribution in [-0.2, 0) is 23.8 Å². The zero-order chi connectivity index (χ0) is 19.6. The van der Waals surface area contributed by atoms with E-state index in [1.54, 1.807) is 0 Å². The van der Waals surface area contributed by atoms with Crippen molar-refractivity contribution in [2.24, 2.45) is 0 Å². The van der Waals surface area contributed by atoms with E-state index >= 15 is 0 Å². The number of rotatable bonds is 5. The molecule has 26 heavy (non-hydrogen) atoms. The number of aliphatic hydroxyl groups excluding tert-OH is 5. The number of nitrogens with one attached hydrogen (secondary N) is 1. The fraction of sp³-hybridized carbons (Fsp3) is 0.714. The Labute approximate surface area is 147 Å². The minimum absolute atomic E-state index is 0.600. The molecule has 0 aromatic heterocycles. The molecule has 0 radical (unpaired) electrons. The fourth-order valence-electron chi connectivity index (χ4n) is 2.67. The maximum Gasteiger partial charge on any atom is 0.371 e. The Balaban J connectivity index is 2.24. The monoisotopic (exact) mass is 379 g/mol. The van der Waals surface area contributed by atoms with Crippen molar-refractivity contribution in [3.8, 4) is 0 Å². The molecular weight excluding hydrogens is 358 g/mol. The number of hydrogen-bond donors (Lipinski definition) is 7. The van der Waals surface area contributed by atoms with Gasteiger partial charge in [-0.05, 0) is 6.08 Å². The van der Waals surface area contributed by atoms with Gasteiger partial charge in [-0.1, -0.05) is 0 Å². The van der Waals surface area contributed by atoms with Crippen molar-refractivity contribution in [3.63, 3.8) is 0 Å². The van der Waals surface area contributed by atoms with Crippen molar-refractivity contribution >= 4 is 11.9 Å². The lowest BCUT2D eigenvalue weighted by molar-refractivity contribution is -0.302. The van der Waals surface area contributed by atoms with E-state index < -0.39 is 73.4 Å². The molecule has 1 fully saturated rings. The molecular formula is C14H21NO11. The second-order valence-corrected chi connectivity index (χ2v) is 5.87. The summed E-state index contributed by atoms with van der Waals surface area (Å²) in [7, 11) is 0. The predicted octanol–water partition coefficient (Wildman–Crippen LogP) is -4.01. The minimum atomic E-state index is -1.73. The van der Waals surface area contributed by atoms with Crippen LogP contribution in [0.2, 0.25) is 0 Å². The van der Waals surface area contributed by atoms with Crippen LogP contribution in [0, 0.1) is 0 Å². The Morgan fingerprint density at radius 1 is 1.23 bits per heavy atom. The van der Waals surface area contributed by atoms with Crippen molar-refractivity contribution in [1.82, 2.24) is 5.32 Å². The normalized spacial score (nSPS) is 40.3. The van der Waals surface area contributed by atoms with Gasteiger partial charge in [0.1, 0.15) is 36.6 Å². The summed E-state index contributed by atoms with van der Waals surface area (Å²) in [6.07, 6.45) is -10.3. The molecule has 0 aliphatic carbocycles. The molecule has 8 atom stereocenters. The minimum Gasteiger partial charge on any atom is -0.475 e. The first kappa shape index (κ1) is 20.5. The molecule has 0 saturated carbocycles. The number of ether oxygens (including phenoxy) is 3. The second-order valence-electron chi connectivity index (χ2n) is 5.87. The van der Waals surface area contributed by atoms with Gasteiger partial charge in [0.2, 0.25) is 18.0 Å². The van der Waals surface area contributed by atoms with E-state index in [2.05, 4.69) is 5.32 Å². The fourth-order valence-corrected chi connectivity index (χ4v) is 2.67. The lowest BCUT2D eigenvalue weighted by Crippen LogP contribution is -2.66. The van der Waals surface area contributed by atoms with Crippen LogP contribution >= 0.6 is 0 Å². The summed E-state index contributed by atoms with van der Waals surface area (Å²) < 4.78 is 15.3. The van der Waals surface area contributed by atoms with Crippen LogP contribution in [-0.4, -0.2) is 98.3 Å². The van der Waals surface area contributed by atoms with Crippen LogP contribution < -0.4 is 5.32 Å². The zero-order valence-corrected chi connectivity index (χ0v) is 13.6. The lowest BCUT2D eigenvalue weighted by atomic mass is 9.96. The summed E-state index contributed by atoms with van der Waals surface area (Å²) in [5, 5.41) is 60.5. The largest absolute Gasteiger partial charge is 0.475 e. The number of aliphatic hydroxyl groups is 5. The molecule has 2 rings (SSSR count). The topological polar surface area (TPSA) is 195 Å². The molecule has 2 aliphatic heterocycles. The van der Waals surface area contributed by atoms with Gasteiger partial charge in [0, 0.05) is 6.92 Å². The van der Waals surface area contributed by atoms with E-state index in [4.69, 9.17) is 19.3 Å². The van der Waals surface area contributed by atoms with Gasteiger partial charge in [-0.3, -0.25) is 4.79 Å². The maximum atomic E-state index is 11.3. The quantitative estimate of drug-likeness (QED) is 0.246. The van der Waals surface area contributed by atoms with Gasteiger partial charge >= 0.3 is 5.97 Å². The Morgan fingerprint density at radius 2 is 1.88 bits per heavy atom. The smallest absolute Gasteiger partial charge is 0.371 e. The van der Waals surface area contributed by atoms with E-state index in [0.29, 0.717) is 0 Å². The average molecular weight is 379 g/mol. The first-order valence-corrected chi connectivity index (χ1v) is 7.68. The van der Waals surface area contributed by atoms with Crippen LogP contribution in [0.1, 0.15) is 6.92 Å². The molecule has 12 heteroatoms. The van der Waals surface area contributed by atoms with Crippen LogP contribution in [0.3, 0.4) is 0 Å². The number of carbonyl (C=O) groups is 2. The lowest BCUT2D eigenvalue weighted by Gasteiger charge is -2.44. The van der Waals surface area contributed by atoms with Crippen molar-refractivity contribution in [2.75, 3.05) is 6.61 Å². The molecule has 1 amide bonds. The molecule has 0 spiro atoms. The average Bonchev–Trinajstić information content (AvgIpc) is 2.56. The standard InChI is InChI=1S/C14H21NO11/c1-4(17)15-8-11(10(20)7(3-16)24-13(8)23)26-14-9(19)5(18)2-6(25-14)12(21)22/h2,5,7-11,13-14,16,18-20,23H,3H2,1H3,(H,15,17)(H,21,22)/t5-,7+,8+,9+,10-,11+,13?,14?/m0/s1. The molecule has 0 aromatic carbocycles. The summed E-state index contributed by atoms with van der Waals surface area (Å²) in [5.41, 5.74) is 0. The van der Waals surface area contributed by atoms with Gasteiger partial charge in [0.25, 0.3) is 0 Å². The highest BCUT2D eigenvalue weighted by Gasteiger charge is 2.49. The molecule has 148 valence electrons. The third-order valence-corrected chi connectivity index (χ3v) is 3.94. The van der Waals surface area contributed by atoms with Crippen LogP contribution in [0.15, 0.2) is 11.8 Å². The summed E-state index contributed by atoms with van der Waals surface area (Å²) in [4.78, 5) is 22.4. The Kier molecular flexibility index (Phi) is 6.52. The highest BCUT2D eigenvalue weighted by atomic mass is 16.7. The molecule has 12 nitrogen and oxygen atoms in total. The number of carboxylic acids is 1. The third kappa shape index (κ3) is 4.29. The number of carbonyl (C=O) groups excluding carboxylic acids is 1. The van der Waals surface area contributed by atoms with E-state index in [9.17, 15) is 35.1 Å². The first-order chi connectivity index (χ1) is 12.1. The van der Waals surface area contributed by atoms with Gasteiger partial charge < -0.3 is 50.2 Å². The van der Waals surface area contributed by atoms with Crippen molar-refractivity contribution in [2.45, 2.75) is 56.1 Å². The Bertz CT molecular complexity index is 567. The van der Waals surface area contributed by atoms with Gasteiger partial charge in [0.15, 0.2) is 6.29 Å². The predicted molar refractivity (Wildman–Crippen MR) is 79.1 cm³/mol. The summed E-state index contributed by atoms with van der Waals surface area (Å²) >= 11 is 0. The molecule has 1 saturated heterocycles. The van der Waals surface area contributed by atoms with Crippen molar-refractivity contribution in [3.05, 3.63) is 11.8 Å². The number of aliphatic carboxylic acids is 1. The van der Waals surface area contributed by atoms with Crippen LogP contribution in [0.4, 0.5) is 0 Å². The summed E-state index contributed by atoms with van der Waals surface area (Å²) in [6.45, 7) is 0.442. The van der Waals surface area contributed by atoms with Crippen molar-refractivity contribution in [1.29, 1.82) is 0 Å². The van der Waals surface area contributed by atoms with Crippen molar-refractivity contribution < 1.29 is 54.4 Å². The number of carboxylic acid groups (broad SMARTS) is 1. The van der Waals surface area contributed by atoms with E-state index in [-0.39, 0.29) is 0 Å². The Hall–Kier alpha value is -1.80. The molecule has 2 heterocycles. The first-order valence-electron chi connectivity index (χ1n) is 7.68. The van der Waals surface area contributed by atoms with Gasteiger partial charge in [-0.2, -0.15) is 0 Å². The molecule has 0 aromatic rings. The molecule has 7 N–H and O–H groups in total.